The van der Waals surface area contributed by atoms with Gasteiger partial charge in [-0.25, -0.2) is 0 Å². The summed E-state index contributed by atoms with van der Waals surface area (Å²) in [4.78, 5) is 0. The molecule has 13 heavy (non-hydrogen) atoms. The largest absolute Gasteiger partial charge is 0.349 e. The second kappa shape index (κ2) is 4.94. The fourth-order valence-electron chi connectivity index (χ4n) is 1.29. The van der Waals surface area contributed by atoms with Gasteiger partial charge in [-0.2, -0.15) is 0 Å². The Morgan fingerprint density at radius 1 is 1.31 bits per heavy atom. The van der Waals surface area contributed by atoms with Gasteiger partial charge < -0.3 is 14.8 Å². The second-order valence-electron chi connectivity index (χ2n) is 4.03. The Labute approximate surface area is 80.8 Å². The van der Waals surface area contributed by atoms with Crippen LogP contribution >= 0.6 is 0 Å². The molecule has 3 nitrogen and oxygen atoms in total. The first-order chi connectivity index (χ1) is 6.14. The lowest BCUT2D eigenvalue weighted by molar-refractivity contribution is -0.252. The third-order valence-electron chi connectivity index (χ3n) is 2.23. The zero-order chi connectivity index (χ0) is 9.73. The van der Waals surface area contributed by atoms with Gasteiger partial charge in [-0.3, -0.25) is 0 Å². The predicted molar refractivity (Wildman–Crippen MR) is 52.7 cm³/mol. The molecule has 1 aliphatic heterocycles. The molecule has 1 saturated heterocycles. The lowest BCUT2D eigenvalue weighted by atomic mass is 10.2. The van der Waals surface area contributed by atoms with Crippen LogP contribution in [-0.2, 0) is 9.47 Å². The predicted octanol–water partition coefficient (Wildman–Crippen LogP) is 1.53. The summed E-state index contributed by atoms with van der Waals surface area (Å²) in [6.07, 6.45) is 2.45. The molecular weight excluding hydrogens is 166 g/mol. The molecule has 78 valence electrons. The monoisotopic (exact) mass is 187 g/mol. The Hall–Kier alpha value is -0.120. The van der Waals surface area contributed by atoms with E-state index in [0.29, 0.717) is 6.04 Å². The second-order valence-corrected chi connectivity index (χ2v) is 4.03. The third kappa shape index (κ3) is 4.07. The molecule has 0 amide bonds. The molecule has 1 fully saturated rings. The Bertz CT molecular complexity index is 138. The number of hydrogen-bond acceptors (Lipinski definition) is 3. The van der Waals surface area contributed by atoms with E-state index in [1.54, 1.807) is 0 Å². The van der Waals surface area contributed by atoms with Crippen LogP contribution in [0.4, 0.5) is 0 Å². The molecule has 0 saturated carbocycles. The normalized spacial score (nSPS) is 23.3. The van der Waals surface area contributed by atoms with Crippen LogP contribution in [0, 0.1) is 0 Å². The third-order valence-corrected chi connectivity index (χ3v) is 2.23. The van der Waals surface area contributed by atoms with Crippen molar-refractivity contribution in [2.24, 2.45) is 0 Å². The molecule has 0 spiro atoms. The van der Waals surface area contributed by atoms with E-state index in [9.17, 15) is 0 Å². The number of rotatable bonds is 4. The average molecular weight is 187 g/mol. The van der Waals surface area contributed by atoms with Crippen LogP contribution in [0.3, 0.4) is 0 Å². The first-order valence-electron chi connectivity index (χ1n) is 5.15. The van der Waals surface area contributed by atoms with Gasteiger partial charge in [-0.15, -0.1) is 0 Å². The van der Waals surface area contributed by atoms with E-state index >= 15 is 0 Å². The van der Waals surface area contributed by atoms with Crippen molar-refractivity contribution >= 4 is 0 Å². The van der Waals surface area contributed by atoms with Crippen molar-refractivity contribution in [3.05, 3.63) is 0 Å². The first-order valence-corrected chi connectivity index (χ1v) is 5.15. The molecule has 1 aliphatic rings. The Balaban J connectivity index is 2.11. The van der Waals surface area contributed by atoms with Crippen molar-refractivity contribution in [1.82, 2.24) is 5.32 Å². The van der Waals surface area contributed by atoms with Crippen LogP contribution in [0.5, 0.6) is 0 Å². The summed E-state index contributed by atoms with van der Waals surface area (Å²) >= 11 is 0. The van der Waals surface area contributed by atoms with Crippen molar-refractivity contribution in [1.29, 1.82) is 0 Å². The standard InChI is InChI=1S/C10H21NO2/c1-4-5-6-11-9-7-12-10(2,3)13-8-9/h9,11H,4-8H2,1-3H3. The zero-order valence-electron chi connectivity index (χ0n) is 8.93. The van der Waals surface area contributed by atoms with E-state index in [1.165, 1.54) is 12.8 Å². The van der Waals surface area contributed by atoms with Crippen molar-refractivity contribution in [2.45, 2.75) is 45.4 Å². The summed E-state index contributed by atoms with van der Waals surface area (Å²) in [6, 6.07) is 0.375. The Kier molecular flexibility index (Phi) is 4.16. The van der Waals surface area contributed by atoms with Crippen molar-refractivity contribution in [2.75, 3.05) is 19.8 Å². The van der Waals surface area contributed by atoms with Gasteiger partial charge in [-0.05, 0) is 26.8 Å². The highest BCUT2D eigenvalue weighted by molar-refractivity contribution is 4.72. The van der Waals surface area contributed by atoms with Crippen molar-refractivity contribution in [3.63, 3.8) is 0 Å². The van der Waals surface area contributed by atoms with Crippen molar-refractivity contribution < 1.29 is 9.47 Å². The molecule has 0 aromatic carbocycles. The molecule has 1 N–H and O–H groups in total. The number of ether oxygens (including phenoxy) is 2. The number of nitrogens with one attached hydrogen (secondary N) is 1. The van der Waals surface area contributed by atoms with Crippen LogP contribution in [-0.4, -0.2) is 31.6 Å². The van der Waals surface area contributed by atoms with Crippen LogP contribution < -0.4 is 5.32 Å². The highest BCUT2D eigenvalue weighted by atomic mass is 16.7. The van der Waals surface area contributed by atoms with Crippen molar-refractivity contribution in [3.8, 4) is 0 Å². The van der Waals surface area contributed by atoms with Gasteiger partial charge in [0.2, 0.25) is 0 Å². The number of hydrogen-bond donors (Lipinski definition) is 1. The topological polar surface area (TPSA) is 30.5 Å². The molecule has 0 aromatic rings. The van der Waals surface area contributed by atoms with E-state index < -0.39 is 0 Å². The quantitative estimate of drug-likeness (QED) is 0.677. The average Bonchev–Trinajstić information content (AvgIpc) is 2.08. The van der Waals surface area contributed by atoms with Crippen LogP contribution in [0.15, 0.2) is 0 Å². The molecule has 1 heterocycles. The van der Waals surface area contributed by atoms with Crippen LogP contribution in [0.25, 0.3) is 0 Å². The summed E-state index contributed by atoms with van der Waals surface area (Å²) in [5.74, 6) is -0.386. The minimum atomic E-state index is -0.386. The van der Waals surface area contributed by atoms with Gasteiger partial charge in [-0.1, -0.05) is 13.3 Å². The molecule has 0 aliphatic carbocycles. The smallest absolute Gasteiger partial charge is 0.162 e. The van der Waals surface area contributed by atoms with Crippen LogP contribution in [0.1, 0.15) is 33.6 Å². The van der Waals surface area contributed by atoms with E-state index in [-0.39, 0.29) is 5.79 Å². The molecule has 0 unspecified atom stereocenters. The molecular formula is C10H21NO2. The highest BCUT2D eigenvalue weighted by Gasteiger charge is 2.27. The summed E-state index contributed by atoms with van der Waals surface area (Å²) in [6.45, 7) is 8.69. The molecule has 0 bridgehead atoms. The van der Waals surface area contributed by atoms with Gasteiger partial charge >= 0.3 is 0 Å². The summed E-state index contributed by atoms with van der Waals surface area (Å²) < 4.78 is 11.0. The molecule has 0 atom stereocenters. The fourth-order valence-corrected chi connectivity index (χ4v) is 1.29. The summed E-state index contributed by atoms with van der Waals surface area (Å²) in [5.41, 5.74) is 0. The van der Waals surface area contributed by atoms with Crippen LogP contribution in [0.2, 0.25) is 0 Å². The van der Waals surface area contributed by atoms with E-state index in [0.717, 1.165) is 19.8 Å². The minimum absolute atomic E-state index is 0.375. The maximum atomic E-state index is 5.52. The summed E-state index contributed by atoms with van der Waals surface area (Å²) in [7, 11) is 0. The van der Waals surface area contributed by atoms with E-state index in [1.807, 2.05) is 13.8 Å². The maximum Gasteiger partial charge on any atom is 0.162 e. The van der Waals surface area contributed by atoms with Gasteiger partial charge in [0, 0.05) is 0 Å². The Morgan fingerprint density at radius 2 is 1.92 bits per heavy atom. The van der Waals surface area contributed by atoms with E-state index in [4.69, 9.17) is 9.47 Å². The van der Waals surface area contributed by atoms with Gasteiger partial charge in [0.1, 0.15) is 0 Å². The summed E-state index contributed by atoms with van der Waals surface area (Å²) in [5, 5.41) is 3.41. The first kappa shape index (κ1) is 11.0. The maximum absolute atomic E-state index is 5.52. The fraction of sp³-hybridized carbons (Fsp3) is 1.00. The zero-order valence-corrected chi connectivity index (χ0v) is 8.93. The lowest BCUT2D eigenvalue weighted by Gasteiger charge is -2.35. The van der Waals surface area contributed by atoms with Gasteiger partial charge in [0.25, 0.3) is 0 Å². The highest BCUT2D eigenvalue weighted by Crippen LogP contribution is 2.16. The molecule has 1 rings (SSSR count). The minimum Gasteiger partial charge on any atom is -0.349 e. The van der Waals surface area contributed by atoms with Gasteiger partial charge in [0.05, 0.1) is 19.3 Å². The lowest BCUT2D eigenvalue weighted by Crippen LogP contribution is -2.48. The Morgan fingerprint density at radius 3 is 2.46 bits per heavy atom. The molecule has 0 aromatic heterocycles. The molecule has 3 heteroatoms. The number of unbranched alkanes of at least 4 members (excludes halogenated alkanes) is 1. The van der Waals surface area contributed by atoms with E-state index in [2.05, 4.69) is 12.2 Å². The molecule has 0 radical (unpaired) electrons. The van der Waals surface area contributed by atoms with Gasteiger partial charge in [0.15, 0.2) is 5.79 Å². The SMILES string of the molecule is CCCCNC1COC(C)(C)OC1.